The number of nitro groups is 1. The van der Waals surface area contributed by atoms with E-state index in [1.54, 1.807) is 12.1 Å². The molecule has 0 spiro atoms. The highest BCUT2D eigenvalue weighted by atomic mass is 35.5. The summed E-state index contributed by atoms with van der Waals surface area (Å²) < 4.78 is 2.14. The number of nitro benzene ring substituents is 1. The van der Waals surface area contributed by atoms with E-state index < -0.39 is 0 Å². The average Bonchev–Trinajstić information content (AvgIpc) is 3.15. The van der Waals surface area contributed by atoms with Crippen LogP contribution in [-0.2, 0) is 6.54 Å². The molecule has 3 aromatic rings. The van der Waals surface area contributed by atoms with E-state index in [1.165, 1.54) is 17.7 Å². The van der Waals surface area contributed by atoms with Crippen LogP contribution in [0.4, 0.5) is 5.69 Å². The molecule has 0 amide bonds. The minimum atomic E-state index is -0.385. The highest BCUT2D eigenvalue weighted by Crippen LogP contribution is 2.31. The largest absolute Gasteiger partial charge is 0.370 e. The van der Waals surface area contributed by atoms with Crippen molar-refractivity contribution in [3.8, 4) is 16.9 Å². The highest BCUT2D eigenvalue weighted by molar-refractivity contribution is 6.30. The molecule has 0 atom stereocenters. The Morgan fingerprint density at radius 3 is 2.35 bits per heavy atom. The van der Waals surface area contributed by atoms with E-state index in [1.807, 2.05) is 24.3 Å². The fourth-order valence-electron chi connectivity index (χ4n) is 4.60. The number of benzene rings is 2. The predicted molar refractivity (Wildman–Crippen MR) is 136 cm³/mol. The Morgan fingerprint density at radius 2 is 1.76 bits per heavy atom. The van der Waals surface area contributed by atoms with E-state index in [2.05, 4.69) is 27.9 Å². The molecule has 2 aromatic carbocycles. The molecule has 0 bridgehead atoms. The molecule has 1 aliphatic carbocycles. The van der Waals surface area contributed by atoms with E-state index in [9.17, 15) is 10.1 Å². The fourth-order valence-corrected chi connectivity index (χ4v) is 4.73. The van der Waals surface area contributed by atoms with Crippen molar-refractivity contribution in [1.82, 2.24) is 9.88 Å². The number of guanidine groups is 1. The van der Waals surface area contributed by atoms with Gasteiger partial charge in [0.05, 0.1) is 16.7 Å². The normalized spacial score (nSPS) is 17.9. The second-order valence-corrected chi connectivity index (χ2v) is 9.13. The van der Waals surface area contributed by atoms with Crippen molar-refractivity contribution in [3.05, 3.63) is 81.0 Å². The molecule has 1 saturated carbocycles. The topological polar surface area (TPSA) is 124 Å². The van der Waals surface area contributed by atoms with Crippen LogP contribution in [0.25, 0.3) is 16.9 Å². The third-order valence-electron chi connectivity index (χ3n) is 6.42. The number of rotatable bonds is 7. The van der Waals surface area contributed by atoms with Crippen molar-refractivity contribution in [3.63, 3.8) is 0 Å². The summed E-state index contributed by atoms with van der Waals surface area (Å²) in [5, 5.41) is 15.5. The Balaban J connectivity index is 1.59. The van der Waals surface area contributed by atoms with E-state index in [4.69, 9.17) is 23.1 Å². The molecule has 0 radical (unpaired) electrons. The summed E-state index contributed by atoms with van der Waals surface area (Å²) in [6.07, 6.45) is 3.98. The molecule has 178 valence electrons. The van der Waals surface area contributed by atoms with Gasteiger partial charge in [-0.05, 0) is 74.1 Å². The fraction of sp³-hybridized carbons (Fsp3) is 0.320. The van der Waals surface area contributed by atoms with Crippen LogP contribution in [0.15, 0.2) is 59.6 Å². The van der Waals surface area contributed by atoms with Gasteiger partial charge in [-0.3, -0.25) is 15.1 Å². The van der Waals surface area contributed by atoms with Gasteiger partial charge in [0.2, 0.25) is 0 Å². The van der Waals surface area contributed by atoms with Crippen molar-refractivity contribution in [2.45, 2.75) is 51.2 Å². The van der Waals surface area contributed by atoms with Gasteiger partial charge in [-0.2, -0.15) is 0 Å². The molecule has 8 nitrogen and oxygen atoms in total. The summed E-state index contributed by atoms with van der Waals surface area (Å²) in [5.74, 6) is 0.161. The van der Waals surface area contributed by atoms with Crippen LogP contribution in [-0.4, -0.2) is 27.5 Å². The first kappa shape index (κ1) is 23.8. The van der Waals surface area contributed by atoms with E-state index in [0.717, 1.165) is 54.9 Å². The van der Waals surface area contributed by atoms with Gasteiger partial charge in [0.25, 0.3) is 5.69 Å². The summed E-state index contributed by atoms with van der Waals surface area (Å²) in [6, 6.07) is 17.1. The SMILES string of the molecule is Cc1c(CNC2CCC(N=C(N)N)CC2)cc(-c2ccc(Cl)cc2)n1-c1ccc([N+](=O)[O-])cc1. The van der Waals surface area contributed by atoms with E-state index >= 15 is 0 Å². The second kappa shape index (κ2) is 10.3. The molecular formula is C25H29ClN6O2. The van der Waals surface area contributed by atoms with Gasteiger partial charge in [0.1, 0.15) is 0 Å². The zero-order valence-corrected chi connectivity index (χ0v) is 19.8. The first-order valence-electron chi connectivity index (χ1n) is 11.4. The maximum absolute atomic E-state index is 11.1. The molecule has 9 heteroatoms. The number of halogens is 1. The maximum Gasteiger partial charge on any atom is 0.269 e. The quantitative estimate of drug-likeness (QED) is 0.196. The van der Waals surface area contributed by atoms with Crippen molar-refractivity contribution in [2.24, 2.45) is 16.5 Å². The van der Waals surface area contributed by atoms with E-state index in [0.29, 0.717) is 11.1 Å². The van der Waals surface area contributed by atoms with Gasteiger partial charge in [-0.1, -0.05) is 23.7 Å². The van der Waals surface area contributed by atoms with Crippen LogP contribution >= 0.6 is 11.6 Å². The standard InChI is InChI=1S/C25H29ClN6O2/c1-16-18(15-29-20-6-8-21(9-7-20)30-25(27)28)14-24(17-2-4-19(26)5-3-17)31(16)22-10-12-23(13-11-22)32(33)34/h2-5,10-14,20-21,29H,6-9,15H2,1H3,(H4,27,28,30). The predicted octanol–water partition coefficient (Wildman–Crippen LogP) is 4.69. The van der Waals surface area contributed by atoms with Gasteiger partial charge >= 0.3 is 0 Å². The lowest BCUT2D eigenvalue weighted by Gasteiger charge is -2.27. The molecule has 1 aromatic heterocycles. The Bertz CT molecular complexity index is 1180. The zero-order valence-electron chi connectivity index (χ0n) is 19.1. The van der Waals surface area contributed by atoms with Crippen molar-refractivity contribution >= 4 is 23.2 Å². The minimum absolute atomic E-state index is 0.0693. The molecule has 1 heterocycles. The molecule has 0 aliphatic heterocycles. The molecule has 34 heavy (non-hydrogen) atoms. The summed E-state index contributed by atoms with van der Waals surface area (Å²) in [7, 11) is 0. The first-order chi connectivity index (χ1) is 16.3. The van der Waals surface area contributed by atoms with Gasteiger partial charge in [-0.15, -0.1) is 0 Å². The summed E-state index contributed by atoms with van der Waals surface area (Å²) in [5.41, 5.74) is 16.3. The first-order valence-corrected chi connectivity index (χ1v) is 11.7. The number of aromatic nitrogens is 1. The third kappa shape index (κ3) is 5.40. The summed E-state index contributed by atoms with van der Waals surface area (Å²) in [6.45, 7) is 2.80. The van der Waals surface area contributed by atoms with Crippen LogP contribution in [0.1, 0.15) is 36.9 Å². The molecule has 0 unspecified atom stereocenters. The number of aliphatic imine (C=N–C) groups is 1. The Morgan fingerprint density at radius 1 is 1.12 bits per heavy atom. The number of nitrogens with two attached hydrogens (primary N) is 2. The monoisotopic (exact) mass is 480 g/mol. The number of hydrogen-bond acceptors (Lipinski definition) is 4. The maximum atomic E-state index is 11.1. The lowest BCUT2D eigenvalue weighted by Crippen LogP contribution is -2.35. The van der Waals surface area contributed by atoms with Crippen LogP contribution in [0.5, 0.6) is 0 Å². The van der Waals surface area contributed by atoms with Gasteiger partial charge < -0.3 is 21.4 Å². The number of nitrogens with zero attached hydrogens (tertiary/aromatic N) is 3. The average molecular weight is 481 g/mol. The number of non-ortho nitro benzene ring substituents is 1. The van der Waals surface area contributed by atoms with E-state index in [-0.39, 0.29) is 22.6 Å². The summed E-state index contributed by atoms with van der Waals surface area (Å²) in [4.78, 5) is 15.0. The summed E-state index contributed by atoms with van der Waals surface area (Å²) >= 11 is 6.11. The van der Waals surface area contributed by atoms with Gasteiger partial charge in [0, 0.05) is 41.1 Å². The smallest absolute Gasteiger partial charge is 0.269 e. The van der Waals surface area contributed by atoms with Gasteiger partial charge in [-0.25, -0.2) is 0 Å². The molecule has 0 saturated heterocycles. The molecule has 5 N–H and O–H groups in total. The lowest BCUT2D eigenvalue weighted by molar-refractivity contribution is -0.384. The second-order valence-electron chi connectivity index (χ2n) is 8.70. The van der Waals surface area contributed by atoms with Crippen molar-refractivity contribution in [2.75, 3.05) is 0 Å². The molecule has 4 rings (SSSR count). The third-order valence-corrected chi connectivity index (χ3v) is 6.67. The lowest BCUT2D eigenvalue weighted by atomic mass is 9.91. The van der Waals surface area contributed by atoms with Crippen LogP contribution in [0.2, 0.25) is 5.02 Å². The zero-order chi connectivity index (χ0) is 24.2. The Labute approximate surface area is 203 Å². The number of hydrogen-bond donors (Lipinski definition) is 3. The Kier molecular flexibility index (Phi) is 7.19. The number of nitrogens with one attached hydrogen (secondary N) is 1. The van der Waals surface area contributed by atoms with Crippen LogP contribution in [0.3, 0.4) is 0 Å². The Hall–Kier alpha value is -3.36. The van der Waals surface area contributed by atoms with Crippen LogP contribution in [0, 0.1) is 17.0 Å². The van der Waals surface area contributed by atoms with Gasteiger partial charge in [0.15, 0.2) is 5.96 Å². The minimum Gasteiger partial charge on any atom is -0.370 e. The van der Waals surface area contributed by atoms with Crippen LogP contribution < -0.4 is 16.8 Å². The molecule has 1 fully saturated rings. The molecular weight excluding hydrogens is 452 g/mol. The molecule has 1 aliphatic rings. The van der Waals surface area contributed by atoms with Crippen molar-refractivity contribution < 1.29 is 4.92 Å². The highest BCUT2D eigenvalue weighted by Gasteiger charge is 2.22. The van der Waals surface area contributed by atoms with Crippen molar-refractivity contribution in [1.29, 1.82) is 0 Å².